The Labute approximate surface area is 189 Å². The number of carboxylic acids is 1. The lowest BCUT2D eigenvalue weighted by molar-refractivity contribution is -0.192. The van der Waals surface area contributed by atoms with Crippen LogP contribution in [0.1, 0.15) is 23.5 Å². The van der Waals surface area contributed by atoms with Crippen LogP contribution in [0.25, 0.3) is 0 Å². The summed E-state index contributed by atoms with van der Waals surface area (Å²) in [5.41, 5.74) is 2.03. The van der Waals surface area contributed by atoms with E-state index < -0.39 is 12.1 Å². The van der Waals surface area contributed by atoms with Crippen LogP contribution in [0.5, 0.6) is 5.88 Å². The number of hydrogen-bond donors (Lipinski definition) is 1. The van der Waals surface area contributed by atoms with Crippen molar-refractivity contribution in [2.45, 2.75) is 25.1 Å². The van der Waals surface area contributed by atoms with Gasteiger partial charge in [-0.1, -0.05) is 36.4 Å². The van der Waals surface area contributed by atoms with Crippen LogP contribution < -0.4 is 4.74 Å². The lowest BCUT2D eigenvalue weighted by atomic mass is 9.73. The van der Waals surface area contributed by atoms with Crippen molar-refractivity contribution in [1.82, 2.24) is 14.8 Å². The van der Waals surface area contributed by atoms with Crippen LogP contribution in [0.4, 0.5) is 13.2 Å². The second kappa shape index (κ2) is 9.78. The van der Waals surface area contributed by atoms with Gasteiger partial charge in [-0.25, -0.2) is 9.78 Å². The number of aromatic nitrogens is 1. The highest BCUT2D eigenvalue weighted by molar-refractivity contribution is 5.87. The van der Waals surface area contributed by atoms with E-state index in [4.69, 9.17) is 14.6 Å². The number of carboxylic acid groups (broad SMARTS) is 1. The molecule has 1 spiro atoms. The van der Waals surface area contributed by atoms with E-state index in [9.17, 15) is 18.0 Å². The van der Waals surface area contributed by atoms with Gasteiger partial charge in [0, 0.05) is 44.4 Å². The van der Waals surface area contributed by atoms with Gasteiger partial charge in [-0.05, 0) is 24.6 Å². The molecule has 2 atom stereocenters. The maximum Gasteiger partial charge on any atom is 0.490 e. The van der Waals surface area contributed by atoms with Crippen LogP contribution >= 0.6 is 0 Å². The summed E-state index contributed by atoms with van der Waals surface area (Å²) in [5, 5.41) is 7.12. The first-order valence-corrected chi connectivity index (χ1v) is 10.4. The summed E-state index contributed by atoms with van der Waals surface area (Å²) in [5.74, 6) is -1.55. The first-order valence-electron chi connectivity index (χ1n) is 10.4. The molecule has 3 heterocycles. The minimum absolute atomic E-state index is 0.252. The second-order valence-electron chi connectivity index (χ2n) is 8.24. The zero-order valence-corrected chi connectivity index (χ0v) is 18.4. The molecular weight excluding hydrogens is 439 g/mol. The monoisotopic (exact) mass is 465 g/mol. The Morgan fingerprint density at radius 2 is 1.91 bits per heavy atom. The summed E-state index contributed by atoms with van der Waals surface area (Å²) in [7, 11) is 3.58. The van der Waals surface area contributed by atoms with Crippen molar-refractivity contribution in [2.24, 2.45) is 5.41 Å². The summed E-state index contributed by atoms with van der Waals surface area (Å²) < 4.78 is 37.1. The van der Waals surface area contributed by atoms with E-state index in [2.05, 4.69) is 34.1 Å². The van der Waals surface area contributed by atoms with E-state index in [1.807, 2.05) is 30.1 Å². The van der Waals surface area contributed by atoms with Gasteiger partial charge in [0.25, 0.3) is 0 Å². The highest BCUT2D eigenvalue weighted by Crippen LogP contribution is 2.49. The number of methoxy groups -OCH3 is 1. The molecule has 1 aromatic carbocycles. The molecule has 0 bridgehead atoms. The molecule has 0 saturated carbocycles. The average Bonchev–Trinajstić information content (AvgIpc) is 3.31. The molecule has 7 nitrogen and oxygen atoms in total. The van der Waals surface area contributed by atoms with E-state index in [-0.39, 0.29) is 17.2 Å². The standard InChI is InChI=1S/C21H25N3O2.C2HF3O2/c1-23-14-18(16-7-4-3-5-8-16)21(20(23)25)10-12-24(15-21)13-17-9-6-11-22-19(17)26-2;3-2(4,5)1(6)7/h3-9,11,18H,10,12-15H2,1-2H3;(H,6,7). The number of ether oxygens (including phenoxy) is 1. The highest BCUT2D eigenvalue weighted by atomic mass is 19.4. The Morgan fingerprint density at radius 3 is 2.52 bits per heavy atom. The lowest BCUT2D eigenvalue weighted by Gasteiger charge is -2.29. The number of likely N-dealkylation sites (tertiary alicyclic amines) is 2. The number of rotatable bonds is 4. The molecule has 10 heteroatoms. The largest absolute Gasteiger partial charge is 0.490 e. The Hall–Kier alpha value is -3.14. The van der Waals surface area contributed by atoms with Crippen LogP contribution in [-0.2, 0) is 16.1 Å². The van der Waals surface area contributed by atoms with Crippen LogP contribution in [-0.4, -0.2) is 71.7 Å². The fourth-order valence-electron chi connectivity index (χ4n) is 4.65. The quantitative estimate of drug-likeness (QED) is 0.747. The molecule has 2 saturated heterocycles. The Kier molecular flexibility index (Phi) is 7.26. The third-order valence-electron chi connectivity index (χ3n) is 6.16. The number of carbonyl (C=O) groups excluding carboxylic acids is 1. The van der Waals surface area contributed by atoms with Crippen LogP contribution in [0.2, 0.25) is 0 Å². The van der Waals surface area contributed by atoms with Crippen molar-refractivity contribution in [2.75, 3.05) is 33.8 Å². The number of likely N-dealkylation sites (N-methyl/N-ethyl adjacent to an activating group) is 1. The molecular formula is C23H26F3N3O4. The zero-order chi connectivity index (χ0) is 24.2. The number of pyridine rings is 1. The number of alkyl halides is 3. The van der Waals surface area contributed by atoms with Gasteiger partial charge >= 0.3 is 12.1 Å². The van der Waals surface area contributed by atoms with E-state index in [1.165, 1.54) is 5.56 Å². The molecule has 1 N–H and O–H groups in total. The Balaban J connectivity index is 0.000000383. The van der Waals surface area contributed by atoms with Gasteiger partial charge in [0.1, 0.15) is 0 Å². The number of halogens is 3. The molecule has 1 amide bonds. The molecule has 2 aromatic rings. The molecule has 4 rings (SSSR count). The summed E-state index contributed by atoms with van der Waals surface area (Å²) >= 11 is 0. The number of nitrogens with zero attached hydrogens (tertiary/aromatic N) is 3. The van der Waals surface area contributed by atoms with Gasteiger partial charge in [0.05, 0.1) is 12.5 Å². The van der Waals surface area contributed by atoms with Gasteiger partial charge in [0.15, 0.2) is 0 Å². The third kappa shape index (κ3) is 5.27. The van der Waals surface area contributed by atoms with E-state index in [1.54, 1.807) is 13.3 Å². The highest BCUT2D eigenvalue weighted by Gasteiger charge is 2.56. The first kappa shape index (κ1) is 24.5. The van der Waals surface area contributed by atoms with Crippen molar-refractivity contribution >= 4 is 11.9 Å². The van der Waals surface area contributed by atoms with E-state index in [0.717, 1.165) is 38.2 Å². The van der Waals surface area contributed by atoms with Crippen LogP contribution in [0.15, 0.2) is 48.7 Å². The lowest BCUT2D eigenvalue weighted by Crippen LogP contribution is -2.37. The summed E-state index contributed by atoms with van der Waals surface area (Å²) in [6, 6.07) is 14.5. The molecule has 2 aliphatic heterocycles. The molecule has 0 radical (unpaired) electrons. The average molecular weight is 465 g/mol. The first-order chi connectivity index (χ1) is 15.6. The Bertz CT molecular complexity index is 986. The van der Waals surface area contributed by atoms with Crippen molar-refractivity contribution in [1.29, 1.82) is 0 Å². The minimum atomic E-state index is -5.08. The minimum Gasteiger partial charge on any atom is -0.481 e. The predicted molar refractivity (Wildman–Crippen MR) is 114 cm³/mol. The topological polar surface area (TPSA) is 83.0 Å². The SMILES string of the molecule is COc1ncccc1CN1CCC2(C1)C(=O)N(C)CC2c1ccccc1.O=C(O)C(F)(F)F. The summed E-state index contributed by atoms with van der Waals surface area (Å²) in [6.07, 6.45) is -2.44. The smallest absolute Gasteiger partial charge is 0.481 e. The molecule has 2 fully saturated rings. The number of carbonyl (C=O) groups is 2. The number of hydrogen-bond acceptors (Lipinski definition) is 5. The van der Waals surface area contributed by atoms with E-state index in [0.29, 0.717) is 5.88 Å². The fraction of sp³-hybridized carbons (Fsp3) is 0.435. The van der Waals surface area contributed by atoms with Gasteiger partial charge in [-0.2, -0.15) is 13.2 Å². The van der Waals surface area contributed by atoms with Gasteiger partial charge in [0.2, 0.25) is 11.8 Å². The van der Waals surface area contributed by atoms with Gasteiger partial charge in [-0.15, -0.1) is 0 Å². The second-order valence-corrected chi connectivity index (χ2v) is 8.24. The molecule has 178 valence electrons. The molecule has 33 heavy (non-hydrogen) atoms. The van der Waals surface area contributed by atoms with Crippen molar-refractivity contribution in [3.05, 3.63) is 59.8 Å². The van der Waals surface area contributed by atoms with Crippen molar-refractivity contribution in [3.8, 4) is 5.88 Å². The molecule has 2 aliphatic rings. The molecule has 2 unspecified atom stereocenters. The van der Waals surface area contributed by atoms with Gasteiger partial charge < -0.3 is 14.7 Å². The molecule has 1 aromatic heterocycles. The van der Waals surface area contributed by atoms with E-state index >= 15 is 0 Å². The maximum atomic E-state index is 13.1. The van der Waals surface area contributed by atoms with Crippen molar-refractivity contribution in [3.63, 3.8) is 0 Å². The fourth-order valence-corrected chi connectivity index (χ4v) is 4.65. The van der Waals surface area contributed by atoms with Gasteiger partial charge in [-0.3, -0.25) is 9.69 Å². The summed E-state index contributed by atoms with van der Waals surface area (Å²) in [6.45, 7) is 3.26. The number of amides is 1. The van der Waals surface area contributed by atoms with Crippen molar-refractivity contribution < 1.29 is 32.6 Å². The zero-order valence-electron chi connectivity index (χ0n) is 18.4. The predicted octanol–water partition coefficient (Wildman–Crippen LogP) is 3.17. The third-order valence-corrected chi connectivity index (χ3v) is 6.16. The normalized spacial score (nSPS) is 22.9. The number of aliphatic carboxylic acids is 1. The van der Waals surface area contributed by atoms with Crippen LogP contribution in [0, 0.1) is 5.41 Å². The summed E-state index contributed by atoms with van der Waals surface area (Å²) in [4.78, 5) is 30.6. The molecule has 0 aliphatic carbocycles. The number of benzene rings is 1. The van der Waals surface area contributed by atoms with Crippen LogP contribution in [0.3, 0.4) is 0 Å². The maximum absolute atomic E-state index is 13.1. The Morgan fingerprint density at radius 1 is 1.24 bits per heavy atom.